The number of hydrogen-bond donors (Lipinski definition) is 1. The summed E-state index contributed by atoms with van der Waals surface area (Å²) in [5, 5.41) is 8.46. The number of rotatable bonds is 4. The molecule has 0 aliphatic carbocycles. The minimum atomic E-state index is -3.80. The number of sulfonamides is 1. The Morgan fingerprint density at radius 3 is 2.53 bits per heavy atom. The van der Waals surface area contributed by atoms with Crippen LogP contribution >= 0.6 is 11.6 Å². The van der Waals surface area contributed by atoms with Crippen molar-refractivity contribution in [3.8, 4) is 0 Å². The van der Waals surface area contributed by atoms with E-state index in [9.17, 15) is 17.6 Å². The van der Waals surface area contributed by atoms with Gasteiger partial charge in [0.15, 0.2) is 0 Å². The van der Waals surface area contributed by atoms with Crippen LogP contribution in [0.1, 0.15) is 0 Å². The summed E-state index contributed by atoms with van der Waals surface area (Å²) in [4.78, 5) is 10.6. The zero-order chi connectivity index (χ0) is 13.2. The van der Waals surface area contributed by atoms with Crippen molar-refractivity contribution in [3.63, 3.8) is 0 Å². The van der Waals surface area contributed by atoms with Gasteiger partial charge in [0, 0.05) is 0 Å². The predicted octanol–water partition coefficient (Wildman–Crippen LogP) is 1.33. The molecule has 0 heterocycles. The van der Waals surface area contributed by atoms with Gasteiger partial charge >= 0.3 is 5.97 Å². The van der Waals surface area contributed by atoms with Crippen molar-refractivity contribution in [1.82, 2.24) is 0 Å². The molecule has 1 aromatic carbocycles. The van der Waals surface area contributed by atoms with Gasteiger partial charge in [-0.25, -0.2) is 12.8 Å². The van der Waals surface area contributed by atoms with Gasteiger partial charge in [-0.15, -0.1) is 0 Å². The van der Waals surface area contributed by atoms with Crippen molar-refractivity contribution >= 4 is 33.3 Å². The molecule has 0 radical (unpaired) electrons. The topological polar surface area (TPSA) is 74.7 Å². The van der Waals surface area contributed by atoms with E-state index >= 15 is 0 Å². The van der Waals surface area contributed by atoms with E-state index in [0.717, 1.165) is 24.5 Å². The van der Waals surface area contributed by atoms with E-state index in [1.807, 2.05) is 0 Å². The number of anilines is 1. The first-order chi connectivity index (χ1) is 7.71. The molecule has 0 fully saturated rings. The Balaban J connectivity index is 3.27. The maximum Gasteiger partial charge on any atom is 0.324 e. The second-order valence-electron chi connectivity index (χ2n) is 3.26. The van der Waals surface area contributed by atoms with Crippen LogP contribution in [-0.4, -0.2) is 32.3 Å². The van der Waals surface area contributed by atoms with Crippen molar-refractivity contribution in [2.75, 3.05) is 17.1 Å². The number of aliphatic carboxylic acids is 1. The van der Waals surface area contributed by atoms with Crippen LogP contribution in [0.5, 0.6) is 0 Å². The smallest absolute Gasteiger partial charge is 0.324 e. The van der Waals surface area contributed by atoms with E-state index in [1.165, 1.54) is 0 Å². The van der Waals surface area contributed by atoms with E-state index in [-0.39, 0.29) is 10.7 Å². The maximum absolute atomic E-state index is 12.8. The minimum Gasteiger partial charge on any atom is -0.480 e. The van der Waals surface area contributed by atoms with Crippen LogP contribution in [0.15, 0.2) is 18.2 Å². The monoisotopic (exact) mass is 281 g/mol. The van der Waals surface area contributed by atoms with E-state index in [4.69, 9.17) is 16.7 Å². The fourth-order valence-electron chi connectivity index (χ4n) is 1.19. The van der Waals surface area contributed by atoms with E-state index in [2.05, 4.69) is 0 Å². The number of nitrogens with zero attached hydrogens (tertiary/aromatic N) is 1. The highest BCUT2D eigenvalue weighted by molar-refractivity contribution is 7.92. The van der Waals surface area contributed by atoms with Crippen LogP contribution < -0.4 is 4.31 Å². The maximum atomic E-state index is 12.8. The zero-order valence-electron chi connectivity index (χ0n) is 8.72. The van der Waals surface area contributed by atoms with Crippen LogP contribution in [-0.2, 0) is 14.8 Å². The number of carbonyl (C=O) groups is 1. The fourth-order valence-corrected chi connectivity index (χ4v) is 2.37. The summed E-state index contributed by atoms with van der Waals surface area (Å²) >= 11 is 5.67. The molecule has 0 spiro atoms. The molecule has 1 rings (SSSR count). The molecule has 0 unspecified atom stereocenters. The molecule has 0 saturated heterocycles. The van der Waals surface area contributed by atoms with Crippen molar-refractivity contribution < 1.29 is 22.7 Å². The summed E-state index contributed by atoms with van der Waals surface area (Å²) in [5.74, 6) is -1.97. The van der Waals surface area contributed by atoms with Gasteiger partial charge in [0.25, 0.3) is 0 Å². The number of halogens is 2. The van der Waals surface area contributed by atoms with E-state index in [0.29, 0.717) is 4.31 Å². The molecule has 8 heteroatoms. The summed E-state index contributed by atoms with van der Waals surface area (Å²) in [6.45, 7) is -0.774. The second kappa shape index (κ2) is 4.89. The van der Waals surface area contributed by atoms with Gasteiger partial charge in [-0.3, -0.25) is 9.10 Å². The first kappa shape index (κ1) is 13.7. The van der Waals surface area contributed by atoms with Crippen molar-refractivity contribution in [3.05, 3.63) is 29.0 Å². The normalized spacial score (nSPS) is 11.2. The first-order valence-electron chi connectivity index (χ1n) is 4.36. The Labute approximate surface area is 102 Å². The Hall–Kier alpha value is -1.34. The molecule has 0 aliphatic heterocycles. The summed E-state index contributed by atoms with van der Waals surface area (Å²) in [5.41, 5.74) is -0.0713. The predicted molar refractivity (Wildman–Crippen MR) is 61.2 cm³/mol. The lowest BCUT2D eigenvalue weighted by Gasteiger charge is -2.21. The van der Waals surface area contributed by atoms with E-state index in [1.54, 1.807) is 0 Å². The van der Waals surface area contributed by atoms with Crippen molar-refractivity contribution in [2.24, 2.45) is 0 Å². The van der Waals surface area contributed by atoms with E-state index < -0.39 is 28.4 Å². The van der Waals surface area contributed by atoms with Crippen molar-refractivity contribution in [1.29, 1.82) is 0 Å². The Kier molecular flexibility index (Phi) is 3.94. The summed E-state index contributed by atoms with van der Waals surface area (Å²) < 4.78 is 36.2. The first-order valence-corrected chi connectivity index (χ1v) is 6.59. The summed E-state index contributed by atoms with van der Waals surface area (Å²) in [7, 11) is -3.80. The molecular weight excluding hydrogens is 273 g/mol. The lowest BCUT2D eigenvalue weighted by molar-refractivity contribution is -0.135. The highest BCUT2D eigenvalue weighted by Crippen LogP contribution is 2.28. The summed E-state index contributed by atoms with van der Waals surface area (Å²) in [6, 6.07) is 3.03. The molecule has 0 atom stereocenters. The highest BCUT2D eigenvalue weighted by atomic mass is 35.5. The molecular formula is C9H9ClFNO4S. The van der Waals surface area contributed by atoms with Crippen molar-refractivity contribution in [2.45, 2.75) is 0 Å². The SMILES string of the molecule is CS(=O)(=O)N(CC(=O)O)c1ccc(F)cc1Cl. The Bertz CT molecular complexity index is 546. The standard InChI is InChI=1S/C9H9ClFNO4S/c1-17(15,16)12(5-9(13)14)8-3-2-6(11)4-7(8)10/h2-4H,5H2,1H3,(H,13,14). The molecule has 0 amide bonds. The highest BCUT2D eigenvalue weighted by Gasteiger charge is 2.22. The molecule has 0 aliphatic rings. The van der Waals surface area contributed by atoms with Crippen LogP contribution in [0, 0.1) is 5.82 Å². The third-order valence-corrected chi connectivity index (χ3v) is 3.29. The molecule has 17 heavy (non-hydrogen) atoms. The average molecular weight is 282 g/mol. The number of hydrogen-bond acceptors (Lipinski definition) is 3. The van der Waals surface area contributed by atoms with Gasteiger partial charge < -0.3 is 5.11 Å². The van der Waals surface area contributed by atoms with Gasteiger partial charge in [-0.2, -0.15) is 0 Å². The van der Waals surface area contributed by atoms with Gasteiger partial charge in [-0.1, -0.05) is 11.6 Å². The number of carboxylic acid groups (broad SMARTS) is 1. The van der Waals surface area contributed by atoms with Gasteiger partial charge in [-0.05, 0) is 18.2 Å². The fraction of sp³-hybridized carbons (Fsp3) is 0.222. The lowest BCUT2D eigenvalue weighted by Crippen LogP contribution is -2.35. The number of carboxylic acids is 1. The largest absolute Gasteiger partial charge is 0.480 e. The van der Waals surface area contributed by atoms with Crippen LogP contribution in [0.25, 0.3) is 0 Å². The van der Waals surface area contributed by atoms with Crippen LogP contribution in [0.3, 0.4) is 0 Å². The van der Waals surface area contributed by atoms with Gasteiger partial charge in [0.1, 0.15) is 12.4 Å². The molecule has 1 aromatic rings. The zero-order valence-corrected chi connectivity index (χ0v) is 10.3. The third-order valence-electron chi connectivity index (χ3n) is 1.86. The van der Waals surface area contributed by atoms with Gasteiger partial charge in [0.2, 0.25) is 10.0 Å². The molecule has 0 saturated carbocycles. The molecule has 0 bridgehead atoms. The van der Waals surface area contributed by atoms with Gasteiger partial charge in [0.05, 0.1) is 17.0 Å². The quantitative estimate of drug-likeness (QED) is 0.903. The van der Waals surface area contributed by atoms with Crippen LogP contribution in [0.2, 0.25) is 5.02 Å². The summed E-state index contributed by atoms with van der Waals surface area (Å²) in [6.07, 6.45) is 0.843. The Morgan fingerprint density at radius 2 is 2.12 bits per heavy atom. The molecule has 0 aromatic heterocycles. The third kappa shape index (κ3) is 3.57. The Morgan fingerprint density at radius 1 is 1.53 bits per heavy atom. The molecule has 5 nitrogen and oxygen atoms in total. The van der Waals surface area contributed by atoms with Crippen LogP contribution in [0.4, 0.5) is 10.1 Å². The minimum absolute atomic E-state index is 0.0713. The number of benzene rings is 1. The second-order valence-corrected chi connectivity index (χ2v) is 5.57. The lowest BCUT2D eigenvalue weighted by atomic mass is 10.3. The molecule has 1 N–H and O–H groups in total. The average Bonchev–Trinajstić information content (AvgIpc) is 2.13. The molecule has 94 valence electrons.